The second-order valence-corrected chi connectivity index (χ2v) is 25.0. The molecule has 6 rings (SSSR count). The van der Waals surface area contributed by atoms with Crippen LogP contribution < -0.4 is 5.32 Å². The van der Waals surface area contributed by atoms with Crippen molar-refractivity contribution in [1.29, 1.82) is 0 Å². The van der Waals surface area contributed by atoms with Crippen LogP contribution in [-0.4, -0.2) is 177 Å². The van der Waals surface area contributed by atoms with Crippen molar-refractivity contribution in [3.05, 3.63) is 139 Å². The Morgan fingerprint density at radius 1 is 0.454 bits per heavy atom. The summed E-state index contributed by atoms with van der Waals surface area (Å²) in [7, 11) is -16.5. The van der Waals surface area contributed by atoms with Crippen LogP contribution in [0.25, 0.3) is 31.3 Å². The predicted octanol–water partition coefficient (Wildman–Crippen LogP) is 6.56. The number of nitrogens with zero attached hydrogens (tertiary/aromatic N) is 9. The number of phosphoric ester groups is 3. The molecule has 97 heavy (non-hydrogen) atoms. The molecule has 0 bridgehead atoms. The maximum absolute atomic E-state index is 14.4. The van der Waals surface area contributed by atoms with Gasteiger partial charge in [0.25, 0.3) is 0 Å². The summed E-state index contributed by atoms with van der Waals surface area (Å²) in [6.45, 7) is 0.150. The third kappa shape index (κ3) is 25.0. The Hall–Kier alpha value is -8.15. The first-order valence-electron chi connectivity index (χ1n) is 28.7. The lowest BCUT2D eigenvalue weighted by Gasteiger charge is -2.44. The van der Waals surface area contributed by atoms with E-state index in [9.17, 15) is 73.6 Å². The van der Waals surface area contributed by atoms with Gasteiger partial charge < -0.3 is 67.2 Å². The average Bonchev–Trinajstić information content (AvgIpc) is 0.791. The highest BCUT2D eigenvalue weighted by molar-refractivity contribution is 7.48. The molecule has 3 heterocycles. The normalized spacial score (nSPS) is 26.5. The van der Waals surface area contributed by atoms with Gasteiger partial charge in [-0.3, -0.25) is 60.4 Å². The van der Waals surface area contributed by atoms with Crippen LogP contribution in [0.5, 0.6) is 0 Å². The van der Waals surface area contributed by atoms with Crippen LogP contribution in [0.4, 0.5) is 4.79 Å². The highest BCUT2D eigenvalue weighted by atomic mass is 31.2. The standard InChI is InChI=1S/C54H67N10O30P3/c1-30(65)84-45-39(90-51(42(59-62-55)48(45)87-33(4)68)77-23-22-58-54(71)78-24-36-16-10-7-11-17-36)27-79-95(72,73)93-52-43(60-63-56)49(88-34(5)69)46(85-31(2)66)40(91-52)28-80-96(74,75)94-53-44(61-64-57)50(89-35(6)70)47(86-32(3)67)41(92-53)29-83-97(76,81-25-37-18-12-8-13-19-37)82-26-38-20-14-9-15-21-38/h7-21,39-53H,22-29H2,1-6H3,(H,58,71)(H,72,73)(H,74,75)/t39-,40-,41-,42+,43+,44+,45-,46-,47-,48-,49-,50-,51+,52-,53-/m1/s1. The Bertz CT molecular complexity index is 3440. The zero-order valence-electron chi connectivity index (χ0n) is 52.2. The van der Waals surface area contributed by atoms with Crippen LogP contribution in [0.15, 0.2) is 106 Å². The average molecular weight is 1430 g/mol. The number of hydrogen-bond acceptors (Lipinski definition) is 31. The number of carbonyl (C=O) groups is 7. The van der Waals surface area contributed by atoms with Gasteiger partial charge in [0.05, 0.1) is 39.6 Å². The van der Waals surface area contributed by atoms with E-state index in [1.165, 1.54) is 0 Å². The van der Waals surface area contributed by atoms with E-state index in [-0.39, 0.29) is 26.4 Å². The fourth-order valence-corrected chi connectivity index (χ4v) is 12.2. The second-order valence-electron chi connectivity index (χ2n) is 20.5. The Morgan fingerprint density at radius 2 is 0.763 bits per heavy atom. The minimum absolute atomic E-state index is 0.0997. The highest BCUT2D eigenvalue weighted by Gasteiger charge is 2.56. The van der Waals surface area contributed by atoms with Gasteiger partial charge in [-0.15, -0.1) is 0 Å². The summed E-state index contributed by atoms with van der Waals surface area (Å²) in [4.78, 5) is 119. The van der Waals surface area contributed by atoms with Gasteiger partial charge in [-0.1, -0.05) is 106 Å². The van der Waals surface area contributed by atoms with Crippen LogP contribution in [0.2, 0.25) is 0 Å². The van der Waals surface area contributed by atoms with Gasteiger partial charge in [-0.2, -0.15) is 0 Å². The van der Waals surface area contributed by atoms with Crippen LogP contribution in [0.1, 0.15) is 58.2 Å². The largest absolute Gasteiger partial charge is 0.475 e. The molecular formula is C54H67N10O30P3. The Morgan fingerprint density at radius 3 is 1.10 bits per heavy atom. The molecule has 2 unspecified atom stereocenters. The number of ether oxygens (including phenoxy) is 11. The molecule has 3 aromatic carbocycles. The molecule has 3 aliphatic rings. The van der Waals surface area contributed by atoms with E-state index in [0.29, 0.717) is 16.7 Å². The minimum atomic E-state index is -5.88. The SMILES string of the molecule is CC(=O)O[C@@H]1[C@H](N=[N+]=[N-])[C@@H](OP(=O)(O)OC[C@H]2O[C@H](OCCNC(=O)OCc3ccccc3)[C@@H](N=[N+]=[N-])[C@@H](OC(C)=O)[C@@H]2OC(C)=O)O[C@H](COP(=O)(O)O[C@H]2O[C@H](COP(=O)(OCc3ccccc3)OCc3ccccc3)[C@@H](OC(C)=O)[C@H](OC(C)=O)[C@@H]2N=[N+]=[N-])[C@H]1OC(C)=O. The van der Waals surface area contributed by atoms with E-state index >= 15 is 0 Å². The molecule has 0 aliphatic carbocycles. The van der Waals surface area contributed by atoms with E-state index in [0.717, 1.165) is 41.5 Å². The van der Waals surface area contributed by atoms with Gasteiger partial charge in [0, 0.05) is 62.8 Å². The van der Waals surface area contributed by atoms with E-state index < -0.39 is 184 Å². The van der Waals surface area contributed by atoms with Crippen molar-refractivity contribution in [1.82, 2.24) is 5.32 Å². The number of esters is 6. The third-order valence-electron chi connectivity index (χ3n) is 13.2. The highest BCUT2D eigenvalue weighted by Crippen LogP contribution is 2.53. The number of carbonyl (C=O) groups excluding carboxylic acids is 7. The third-order valence-corrected chi connectivity index (χ3v) is 16.5. The zero-order valence-corrected chi connectivity index (χ0v) is 54.9. The first-order valence-corrected chi connectivity index (χ1v) is 33.2. The minimum Gasteiger partial charge on any atom is -0.458 e. The number of rotatable bonds is 34. The lowest BCUT2D eigenvalue weighted by Crippen LogP contribution is -2.61. The molecule has 3 N–H and O–H groups in total. The van der Waals surface area contributed by atoms with Crippen LogP contribution in [0, 0.1) is 0 Å². The van der Waals surface area contributed by atoms with Gasteiger partial charge in [0.15, 0.2) is 55.5 Å². The number of nitrogens with one attached hydrogen (secondary N) is 1. The summed E-state index contributed by atoms with van der Waals surface area (Å²) >= 11 is 0. The summed E-state index contributed by atoms with van der Waals surface area (Å²) in [5.41, 5.74) is 30.7. The summed E-state index contributed by atoms with van der Waals surface area (Å²) in [6, 6.07) is 19.3. The fourth-order valence-electron chi connectivity index (χ4n) is 9.41. The Balaban J connectivity index is 1.25. The molecule has 528 valence electrons. The summed E-state index contributed by atoms with van der Waals surface area (Å²) in [5, 5.41) is 13.0. The lowest BCUT2D eigenvalue weighted by molar-refractivity contribution is -0.273. The number of alkyl carbamates (subject to hydrolysis) is 1. The molecule has 3 aliphatic heterocycles. The summed E-state index contributed by atoms with van der Waals surface area (Å²) in [5.74, 6) is -6.65. The summed E-state index contributed by atoms with van der Waals surface area (Å²) < 4.78 is 142. The van der Waals surface area contributed by atoms with Gasteiger partial charge in [-0.25, -0.2) is 18.5 Å². The molecule has 43 heteroatoms. The molecule has 40 nitrogen and oxygen atoms in total. The maximum atomic E-state index is 14.4. The smallest absolute Gasteiger partial charge is 0.458 e. The molecule has 0 spiro atoms. The second kappa shape index (κ2) is 37.5. The van der Waals surface area contributed by atoms with Gasteiger partial charge in [-0.05, 0) is 33.3 Å². The van der Waals surface area contributed by atoms with Crippen LogP contribution >= 0.6 is 23.5 Å². The first-order chi connectivity index (χ1) is 46.1. The number of phosphoric acid groups is 3. The summed E-state index contributed by atoms with van der Waals surface area (Å²) in [6.07, 6.45) is -25.2. The Kier molecular flexibility index (Phi) is 30.1. The van der Waals surface area contributed by atoms with Crippen molar-refractivity contribution in [2.45, 2.75) is 153 Å². The quantitative estimate of drug-likeness (QED) is 0.0108. The molecule has 17 atom stereocenters. The van der Waals surface area contributed by atoms with Crippen molar-refractivity contribution >= 4 is 65.4 Å². The number of azide groups is 3. The maximum Gasteiger partial charge on any atom is 0.475 e. The molecule has 3 aromatic rings. The van der Waals surface area contributed by atoms with E-state index in [1.54, 1.807) is 91.0 Å². The Labute approximate surface area is 550 Å². The number of benzene rings is 3. The molecule has 0 aromatic heterocycles. The molecule has 0 radical (unpaired) electrons. The number of hydrogen-bond donors (Lipinski definition) is 3. The fraction of sp³-hybridized carbons (Fsp3) is 0.537. The van der Waals surface area contributed by atoms with Crippen molar-refractivity contribution < 1.29 is 141 Å². The van der Waals surface area contributed by atoms with Crippen molar-refractivity contribution in [3.8, 4) is 0 Å². The van der Waals surface area contributed by atoms with Crippen molar-refractivity contribution in [2.75, 3.05) is 33.0 Å². The van der Waals surface area contributed by atoms with E-state index in [1.807, 2.05) is 0 Å². The molecule has 3 saturated heterocycles. The molecule has 3 fully saturated rings. The topological polar surface area (TPSA) is 536 Å². The number of amides is 1. The lowest BCUT2D eigenvalue weighted by atomic mass is 9.97. The van der Waals surface area contributed by atoms with Gasteiger partial charge in [0.1, 0.15) is 43.0 Å². The van der Waals surface area contributed by atoms with Gasteiger partial charge in [0.2, 0.25) is 0 Å². The first kappa shape index (κ1) is 77.9. The molecule has 1 amide bonds. The molecular weight excluding hydrogens is 1360 g/mol. The van der Waals surface area contributed by atoms with E-state index in [2.05, 4.69) is 35.4 Å². The monoisotopic (exact) mass is 1430 g/mol. The molecule has 0 saturated carbocycles. The van der Waals surface area contributed by atoms with E-state index in [4.69, 9.17) is 83.8 Å². The predicted molar refractivity (Wildman–Crippen MR) is 318 cm³/mol. The van der Waals surface area contributed by atoms with Gasteiger partial charge >= 0.3 is 65.4 Å². The van der Waals surface area contributed by atoms with Crippen molar-refractivity contribution in [3.63, 3.8) is 0 Å². The zero-order chi connectivity index (χ0) is 70.9. The van der Waals surface area contributed by atoms with Crippen LogP contribution in [0.3, 0.4) is 0 Å². The van der Waals surface area contributed by atoms with Crippen LogP contribution in [-0.2, 0) is 146 Å². The van der Waals surface area contributed by atoms with Crippen molar-refractivity contribution in [2.24, 2.45) is 15.3 Å².